The molecule has 5 rings (SSSR count). The number of benzene rings is 2. The van der Waals surface area contributed by atoms with Gasteiger partial charge in [-0.05, 0) is 26.0 Å². The largest absolute Gasteiger partial charge is 0.339 e. The van der Waals surface area contributed by atoms with Crippen LogP contribution in [0.25, 0.3) is 22.6 Å². The summed E-state index contributed by atoms with van der Waals surface area (Å²) in [7, 11) is 0. The maximum absolute atomic E-state index is 12.5. The molecule has 0 bridgehead atoms. The van der Waals surface area contributed by atoms with Crippen molar-refractivity contribution >= 4 is 22.9 Å². The van der Waals surface area contributed by atoms with Crippen LogP contribution in [0.5, 0.6) is 0 Å². The minimum absolute atomic E-state index is 0.0755. The molecule has 0 aliphatic carbocycles. The molecule has 1 fully saturated rings. The summed E-state index contributed by atoms with van der Waals surface area (Å²) >= 11 is 1.63. The maximum Gasteiger partial charge on any atom is 0.232 e. The molecule has 0 saturated carbocycles. The van der Waals surface area contributed by atoms with Gasteiger partial charge in [0.15, 0.2) is 0 Å². The van der Waals surface area contributed by atoms with Crippen molar-refractivity contribution in [1.29, 1.82) is 0 Å². The normalized spacial score (nSPS) is 16.4. The Hall–Kier alpha value is -3.32. The van der Waals surface area contributed by atoms with Crippen LogP contribution in [0, 0.1) is 13.8 Å². The summed E-state index contributed by atoms with van der Waals surface area (Å²) in [6.45, 7) is 4.57. The molecule has 30 heavy (non-hydrogen) atoms. The predicted molar refractivity (Wildman–Crippen MR) is 116 cm³/mol. The third-order valence-electron chi connectivity index (χ3n) is 5.32. The summed E-state index contributed by atoms with van der Waals surface area (Å²) in [5.41, 5.74) is 4.97. The van der Waals surface area contributed by atoms with Gasteiger partial charge in [-0.15, -0.1) is 11.3 Å². The first-order valence-corrected chi connectivity index (χ1v) is 10.7. The van der Waals surface area contributed by atoms with Gasteiger partial charge in [-0.2, -0.15) is 4.98 Å². The van der Waals surface area contributed by atoms with E-state index in [2.05, 4.69) is 15.1 Å². The number of thiazole rings is 1. The molecule has 1 saturated heterocycles. The summed E-state index contributed by atoms with van der Waals surface area (Å²) in [6, 6.07) is 15.9. The highest BCUT2D eigenvalue weighted by molar-refractivity contribution is 7.09. The third-order valence-corrected chi connectivity index (χ3v) is 6.09. The quantitative estimate of drug-likeness (QED) is 0.468. The first kappa shape index (κ1) is 18.7. The zero-order valence-electron chi connectivity index (χ0n) is 16.7. The monoisotopic (exact) mass is 416 g/mol. The second-order valence-corrected chi connectivity index (χ2v) is 8.59. The molecule has 0 radical (unpaired) electrons. The number of nitrogens with zero attached hydrogens (tertiary/aromatic N) is 4. The maximum atomic E-state index is 12.5. The van der Waals surface area contributed by atoms with Crippen LogP contribution in [-0.4, -0.2) is 27.6 Å². The van der Waals surface area contributed by atoms with Gasteiger partial charge in [-0.25, -0.2) is 4.98 Å². The van der Waals surface area contributed by atoms with E-state index < -0.39 is 0 Å². The topological polar surface area (TPSA) is 72.1 Å². The number of carbonyl (C=O) groups excluding carboxylic acids is 1. The number of hydrogen-bond acceptors (Lipinski definition) is 6. The van der Waals surface area contributed by atoms with Crippen molar-refractivity contribution in [3.63, 3.8) is 0 Å². The smallest absolute Gasteiger partial charge is 0.232 e. The van der Waals surface area contributed by atoms with E-state index in [1.165, 1.54) is 5.56 Å². The van der Waals surface area contributed by atoms with Crippen molar-refractivity contribution in [2.75, 3.05) is 11.4 Å². The molecule has 7 heteroatoms. The fourth-order valence-corrected chi connectivity index (χ4v) is 4.27. The van der Waals surface area contributed by atoms with Crippen LogP contribution in [-0.2, 0) is 4.79 Å². The molecule has 3 heterocycles. The Morgan fingerprint density at radius 1 is 1.00 bits per heavy atom. The molecule has 0 unspecified atom stereocenters. The Morgan fingerprint density at radius 2 is 1.73 bits per heavy atom. The zero-order valence-corrected chi connectivity index (χ0v) is 17.5. The number of carbonyl (C=O) groups is 1. The molecule has 1 amide bonds. The van der Waals surface area contributed by atoms with Crippen LogP contribution < -0.4 is 4.90 Å². The van der Waals surface area contributed by atoms with Gasteiger partial charge in [0.25, 0.3) is 0 Å². The van der Waals surface area contributed by atoms with Crippen LogP contribution in [0.2, 0.25) is 0 Å². The molecular weight excluding hydrogens is 396 g/mol. The van der Waals surface area contributed by atoms with Gasteiger partial charge in [0.2, 0.25) is 17.6 Å². The number of aromatic nitrogens is 3. The predicted octanol–water partition coefficient (Wildman–Crippen LogP) is 5.00. The van der Waals surface area contributed by atoms with E-state index in [0.29, 0.717) is 24.7 Å². The van der Waals surface area contributed by atoms with Crippen LogP contribution >= 0.6 is 11.3 Å². The van der Waals surface area contributed by atoms with Crippen molar-refractivity contribution in [1.82, 2.24) is 15.1 Å². The fraction of sp³-hybridized carbons (Fsp3) is 0.217. The molecule has 1 atom stereocenters. The SMILES string of the molecule is Cc1ccc(N2C[C@@H](c3nc(-c4ccc(-c5csc(C)n5)cc4)no3)CC2=O)cc1. The molecule has 150 valence electrons. The lowest BCUT2D eigenvalue weighted by atomic mass is 10.1. The summed E-state index contributed by atoms with van der Waals surface area (Å²) < 4.78 is 5.52. The molecule has 1 aliphatic heterocycles. The number of hydrogen-bond donors (Lipinski definition) is 0. The van der Waals surface area contributed by atoms with Gasteiger partial charge in [0, 0.05) is 35.2 Å². The van der Waals surface area contributed by atoms with E-state index in [1.807, 2.05) is 67.8 Å². The van der Waals surface area contributed by atoms with Gasteiger partial charge in [-0.3, -0.25) is 4.79 Å². The Bertz CT molecular complexity index is 1190. The van der Waals surface area contributed by atoms with E-state index in [0.717, 1.165) is 27.5 Å². The molecule has 2 aromatic carbocycles. The minimum Gasteiger partial charge on any atom is -0.339 e. The fourth-order valence-electron chi connectivity index (χ4n) is 3.65. The lowest BCUT2D eigenvalue weighted by Crippen LogP contribution is -2.24. The zero-order chi connectivity index (χ0) is 20.7. The number of amides is 1. The van der Waals surface area contributed by atoms with Crippen LogP contribution in [0.15, 0.2) is 58.4 Å². The van der Waals surface area contributed by atoms with Gasteiger partial charge in [0.1, 0.15) is 0 Å². The van der Waals surface area contributed by atoms with Gasteiger partial charge < -0.3 is 9.42 Å². The Morgan fingerprint density at radius 3 is 2.43 bits per heavy atom. The molecular formula is C23H20N4O2S. The summed E-state index contributed by atoms with van der Waals surface area (Å²) in [5, 5.41) is 7.24. The highest BCUT2D eigenvalue weighted by Crippen LogP contribution is 2.32. The van der Waals surface area contributed by atoms with E-state index in [4.69, 9.17) is 4.52 Å². The average molecular weight is 417 g/mol. The van der Waals surface area contributed by atoms with Gasteiger partial charge in [-0.1, -0.05) is 47.1 Å². The first-order chi connectivity index (χ1) is 14.6. The first-order valence-electron chi connectivity index (χ1n) is 9.80. The number of aryl methyl sites for hydroxylation is 2. The second kappa shape index (κ2) is 7.50. The Balaban J connectivity index is 1.33. The second-order valence-electron chi connectivity index (χ2n) is 7.53. The van der Waals surface area contributed by atoms with Crippen LogP contribution in [0.4, 0.5) is 5.69 Å². The Labute approximate surface area is 178 Å². The highest BCUT2D eigenvalue weighted by Gasteiger charge is 2.35. The van der Waals surface area contributed by atoms with Crippen molar-refractivity contribution in [2.45, 2.75) is 26.2 Å². The third kappa shape index (κ3) is 3.52. The van der Waals surface area contributed by atoms with E-state index in [-0.39, 0.29) is 11.8 Å². The van der Waals surface area contributed by atoms with Crippen LogP contribution in [0.3, 0.4) is 0 Å². The summed E-state index contributed by atoms with van der Waals surface area (Å²) in [4.78, 5) is 23.4. The Kier molecular flexibility index (Phi) is 4.67. The molecule has 1 aliphatic rings. The van der Waals surface area contributed by atoms with Crippen molar-refractivity contribution in [2.24, 2.45) is 0 Å². The lowest BCUT2D eigenvalue weighted by Gasteiger charge is -2.16. The molecule has 4 aromatic rings. The van der Waals surface area contributed by atoms with E-state index >= 15 is 0 Å². The van der Waals surface area contributed by atoms with Gasteiger partial charge >= 0.3 is 0 Å². The molecule has 6 nitrogen and oxygen atoms in total. The summed E-state index contributed by atoms with van der Waals surface area (Å²) in [6.07, 6.45) is 0.373. The highest BCUT2D eigenvalue weighted by atomic mass is 32.1. The molecule has 2 aromatic heterocycles. The minimum atomic E-state index is -0.0997. The summed E-state index contributed by atoms with van der Waals surface area (Å²) in [5.74, 6) is 1.02. The number of rotatable bonds is 4. The number of anilines is 1. The van der Waals surface area contributed by atoms with Crippen molar-refractivity contribution in [3.8, 4) is 22.6 Å². The van der Waals surface area contributed by atoms with Gasteiger partial charge in [0.05, 0.1) is 16.6 Å². The lowest BCUT2D eigenvalue weighted by molar-refractivity contribution is -0.117. The van der Waals surface area contributed by atoms with Crippen LogP contribution in [0.1, 0.15) is 28.8 Å². The molecule has 0 spiro atoms. The molecule has 0 N–H and O–H groups in total. The average Bonchev–Trinajstić information content (AvgIpc) is 3.49. The van der Waals surface area contributed by atoms with E-state index in [1.54, 1.807) is 16.2 Å². The van der Waals surface area contributed by atoms with E-state index in [9.17, 15) is 4.79 Å². The van der Waals surface area contributed by atoms with Crippen molar-refractivity contribution < 1.29 is 9.32 Å². The van der Waals surface area contributed by atoms with Crippen molar-refractivity contribution in [3.05, 3.63) is 70.4 Å². The standard InChI is InChI=1S/C23H20N4O2S/c1-14-3-9-19(10-4-14)27-12-18(11-21(27)28)23-25-22(26-29-23)17-7-5-16(6-8-17)20-13-30-15(2)24-20/h3-10,13,18H,11-12H2,1-2H3/t18-/m0/s1.